The fourth-order valence-electron chi connectivity index (χ4n) is 1.36. The maximum absolute atomic E-state index is 5.40. The molecule has 0 aliphatic heterocycles. The molecule has 0 bridgehead atoms. The van der Waals surface area contributed by atoms with Crippen LogP contribution in [0.1, 0.15) is 29.9 Å². The normalized spacial score (nSPS) is 10.8. The summed E-state index contributed by atoms with van der Waals surface area (Å²) in [4.78, 5) is 0. The van der Waals surface area contributed by atoms with Gasteiger partial charge in [0.15, 0.2) is 0 Å². The molecule has 0 aromatic carbocycles. The molecule has 0 amide bonds. The van der Waals surface area contributed by atoms with Gasteiger partial charge < -0.3 is 15.6 Å². The van der Waals surface area contributed by atoms with E-state index in [1.165, 1.54) is 5.56 Å². The Kier molecular flexibility index (Phi) is 4.62. The SMILES string of the molecule is Cc1noc(C)c1CNCCCCN. The summed E-state index contributed by atoms with van der Waals surface area (Å²) in [5, 5.41) is 7.24. The first-order chi connectivity index (χ1) is 6.75. The highest BCUT2D eigenvalue weighted by atomic mass is 16.5. The zero-order chi connectivity index (χ0) is 10.4. The number of nitrogens with two attached hydrogens (primary N) is 1. The fraction of sp³-hybridized carbons (Fsp3) is 0.700. The Hall–Kier alpha value is -0.870. The van der Waals surface area contributed by atoms with E-state index in [0.29, 0.717) is 0 Å². The smallest absolute Gasteiger partial charge is 0.138 e. The van der Waals surface area contributed by atoms with Crippen LogP contribution in [0, 0.1) is 13.8 Å². The van der Waals surface area contributed by atoms with Crippen molar-refractivity contribution >= 4 is 0 Å². The van der Waals surface area contributed by atoms with Crippen molar-refractivity contribution in [2.45, 2.75) is 33.2 Å². The number of rotatable bonds is 6. The standard InChI is InChI=1S/C10H19N3O/c1-8-10(9(2)14-13-8)7-12-6-4-3-5-11/h12H,3-7,11H2,1-2H3. The summed E-state index contributed by atoms with van der Waals surface area (Å²) < 4.78 is 5.06. The Labute approximate surface area is 84.8 Å². The number of unbranched alkanes of at least 4 members (excludes halogenated alkanes) is 1. The van der Waals surface area contributed by atoms with E-state index in [0.717, 1.165) is 43.9 Å². The Morgan fingerprint density at radius 2 is 2.14 bits per heavy atom. The minimum atomic E-state index is 0.771. The zero-order valence-electron chi connectivity index (χ0n) is 8.97. The van der Waals surface area contributed by atoms with Gasteiger partial charge in [-0.3, -0.25) is 0 Å². The van der Waals surface area contributed by atoms with Crippen LogP contribution in [0.5, 0.6) is 0 Å². The van der Waals surface area contributed by atoms with Gasteiger partial charge in [-0.15, -0.1) is 0 Å². The summed E-state index contributed by atoms with van der Waals surface area (Å²) >= 11 is 0. The Bertz CT molecular complexity index is 251. The molecule has 0 aliphatic rings. The van der Waals surface area contributed by atoms with Crippen LogP contribution in [0.25, 0.3) is 0 Å². The molecular formula is C10H19N3O. The molecule has 0 saturated carbocycles. The second kappa shape index (κ2) is 5.78. The van der Waals surface area contributed by atoms with Gasteiger partial charge in [-0.2, -0.15) is 0 Å². The Morgan fingerprint density at radius 1 is 1.36 bits per heavy atom. The van der Waals surface area contributed by atoms with Crippen molar-refractivity contribution in [2.75, 3.05) is 13.1 Å². The van der Waals surface area contributed by atoms with Gasteiger partial charge in [-0.25, -0.2) is 0 Å². The summed E-state index contributed by atoms with van der Waals surface area (Å²) in [6.07, 6.45) is 2.20. The lowest BCUT2D eigenvalue weighted by Crippen LogP contribution is -2.16. The van der Waals surface area contributed by atoms with Crippen molar-refractivity contribution in [1.29, 1.82) is 0 Å². The van der Waals surface area contributed by atoms with Crippen LogP contribution in [0.2, 0.25) is 0 Å². The van der Waals surface area contributed by atoms with Crippen LogP contribution in [-0.2, 0) is 6.54 Å². The third-order valence-electron chi connectivity index (χ3n) is 2.29. The summed E-state index contributed by atoms with van der Waals surface area (Å²) in [5.41, 5.74) is 7.56. The first-order valence-corrected chi connectivity index (χ1v) is 5.08. The van der Waals surface area contributed by atoms with Crippen LogP contribution in [0.15, 0.2) is 4.52 Å². The zero-order valence-corrected chi connectivity index (χ0v) is 8.97. The van der Waals surface area contributed by atoms with Gasteiger partial charge in [-0.05, 0) is 39.8 Å². The molecule has 0 saturated heterocycles. The average Bonchev–Trinajstić information content (AvgIpc) is 2.48. The Morgan fingerprint density at radius 3 is 2.71 bits per heavy atom. The van der Waals surface area contributed by atoms with Crippen LogP contribution in [0.3, 0.4) is 0 Å². The highest BCUT2D eigenvalue weighted by Gasteiger charge is 2.07. The van der Waals surface area contributed by atoms with E-state index >= 15 is 0 Å². The average molecular weight is 197 g/mol. The minimum Gasteiger partial charge on any atom is -0.361 e. The predicted octanol–water partition coefficient (Wildman–Crippen LogP) is 1.12. The molecule has 1 rings (SSSR count). The van der Waals surface area contributed by atoms with Crippen LogP contribution >= 0.6 is 0 Å². The lowest BCUT2D eigenvalue weighted by atomic mass is 10.2. The first kappa shape index (κ1) is 11.2. The molecular weight excluding hydrogens is 178 g/mol. The number of nitrogens with zero attached hydrogens (tertiary/aromatic N) is 1. The number of hydrogen-bond acceptors (Lipinski definition) is 4. The molecule has 1 heterocycles. The summed E-state index contributed by atoms with van der Waals surface area (Å²) in [6, 6.07) is 0. The molecule has 14 heavy (non-hydrogen) atoms. The maximum atomic E-state index is 5.40. The Balaban J connectivity index is 2.24. The molecule has 0 fully saturated rings. The van der Waals surface area contributed by atoms with E-state index in [1.54, 1.807) is 0 Å². The third kappa shape index (κ3) is 3.12. The van der Waals surface area contributed by atoms with Gasteiger partial charge in [-0.1, -0.05) is 5.16 Å². The lowest BCUT2D eigenvalue weighted by molar-refractivity contribution is 0.392. The summed E-state index contributed by atoms with van der Waals surface area (Å²) in [5.74, 6) is 0.911. The van der Waals surface area contributed by atoms with E-state index in [2.05, 4.69) is 10.5 Å². The molecule has 0 spiro atoms. The first-order valence-electron chi connectivity index (χ1n) is 5.08. The highest BCUT2D eigenvalue weighted by Crippen LogP contribution is 2.11. The van der Waals surface area contributed by atoms with E-state index in [-0.39, 0.29) is 0 Å². The predicted molar refractivity (Wildman–Crippen MR) is 56.0 cm³/mol. The highest BCUT2D eigenvalue weighted by molar-refractivity contribution is 5.20. The van der Waals surface area contributed by atoms with E-state index in [1.807, 2.05) is 13.8 Å². The molecule has 0 unspecified atom stereocenters. The molecule has 0 aliphatic carbocycles. The quantitative estimate of drug-likeness (QED) is 0.671. The van der Waals surface area contributed by atoms with Gasteiger partial charge in [0.05, 0.1) is 5.69 Å². The van der Waals surface area contributed by atoms with Crippen molar-refractivity contribution in [1.82, 2.24) is 10.5 Å². The van der Waals surface area contributed by atoms with Gasteiger partial charge in [0.1, 0.15) is 5.76 Å². The van der Waals surface area contributed by atoms with Crippen molar-refractivity contribution in [2.24, 2.45) is 5.73 Å². The molecule has 1 aromatic heterocycles. The van der Waals surface area contributed by atoms with E-state index in [4.69, 9.17) is 10.3 Å². The van der Waals surface area contributed by atoms with E-state index < -0.39 is 0 Å². The second-order valence-corrected chi connectivity index (χ2v) is 3.48. The van der Waals surface area contributed by atoms with Gasteiger partial charge in [0.25, 0.3) is 0 Å². The summed E-state index contributed by atoms with van der Waals surface area (Å²) in [7, 11) is 0. The third-order valence-corrected chi connectivity index (χ3v) is 2.29. The number of hydrogen-bond donors (Lipinski definition) is 2. The molecule has 3 N–H and O–H groups in total. The molecule has 0 radical (unpaired) electrons. The van der Waals surface area contributed by atoms with Crippen molar-refractivity contribution in [3.05, 3.63) is 17.0 Å². The minimum absolute atomic E-state index is 0.771. The molecule has 4 nitrogen and oxygen atoms in total. The van der Waals surface area contributed by atoms with Crippen molar-refractivity contribution in [3.63, 3.8) is 0 Å². The summed E-state index contributed by atoms with van der Waals surface area (Å²) in [6.45, 7) is 6.52. The topological polar surface area (TPSA) is 64.1 Å². The van der Waals surface area contributed by atoms with E-state index in [9.17, 15) is 0 Å². The van der Waals surface area contributed by atoms with Crippen LogP contribution in [-0.4, -0.2) is 18.2 Å². The number of nitrogens with one attached hydrogen (secondary N) is 1. The molecule has 80 valence electrons. The van der Waals surface area contributed by atoms with Gasteiger partial charge in [0, 0.05) is 12.1 Å². The fourth-order valence-corrected chi connectivity index (χ4v) is 1.36. The lowest BCUT2D eigenvalue weighted by Gasteiger charge is -2.03. The van der Waals surface area contributed by atoms with Crippen LogP contribution in [0.4, 0.5) is 0 Å². The maximum Gasteiger partial charge on any atom is 0.138 e. The molecule has 4 heteroatoms. The van der Waals surface area contributed by atoms with Crippen molar-refractivity contribution < 1.29 is 4.52 Å². The second-order valence-electron chi connectivity index (χ2n) is 3.48. The monoisotopic (exact) mass is 197 g/mol. The molecule has 1 aromatic rings. The van der Waals surface area contributed by atoms with Gasteiger partial charge in [0.2, 0.25) is 0 Å². The van der Waals surface area contributed by atoms with Crippen molar-refractivity contribution in [3.8, 4) is 0 Å². The largest absolute Gasteiger partial charge is 0.361 e. The number of aromatic nitrogens is 1. The van der Waals surface area contributed by atoms with Crippen LogP contribution < -0.4 is 11.1 Å². The molecule has 0 atom stereocenters. The van der Waals surface area contributed by atoms with Gasteiger partial charge >= 0.3 is 0 Å². The number of aryl methyl sites for hydroxylation is 2.